The van der Waals surface area contributed by atoms with Crippen LogP contribution >= 0.6 is 11.8 Å². The molecule has 0 radical (unpaired) electrons. The van der Waals surface area contributed by atoms with Crippen LogP contribution in [0, 0.1) is 23.7 Å². The molecule has 110 valence electrons. The number of rotatable bonds is 4. The number of nitriles is 1. The standard InChI is InChI=1S/C14H11F3N2OS/c1-3-6-19-13(20)9(2)21-11-5-4-10(8-18)12(7-11)14(15,16)17/h1,4-5,7,9H,6H2,2H3,(H,19,20)/t9-/m1/s1. The zero-order chi connectivity index (χ0) is 16.0. The van der Waals surface area contributed by atoms with Crippen LogP contribution in [0.3, 0.4) is 0 Å². The van der Waals surface area contributed by atoms with E-state index in [1.807, 2.05) is 0 Å². The second-order valence-corrected chi connectivity index (χ2v) is 5.41. The van der Waals surface area contributed by atoms with Crippen LogP contribution in [-0.2, 0) is 11.0 Å². The van der Waals surface area contributed by atoms with Gasteiger partial charge in [-0.05, 0) is 25.1 Å². The van der Waals surface area contributed by atoms with Crippen molar-refractivity contribution < 1.29 is 18.0 Å². The average molecular weight is 312 g/mol. The highest BCUT2D eigenvalue weighted by Gasteiger charge is 2.34. The summed E-state index contributed by atoms with van der Waals surface area (Å²) >= 11 is 0.962. The molecule has 1 rings (SSSR count). The van der Waals surface area contributed by atoms with Gasteiger partial charge in [-0.15, -0.1) is 18.2 Å². The van der Waals surface area contributed by atoms with Gasteiger partial charge in [-0.2, -0.15) is 18.4 Å². The number of carbonyl (C=O) groups excluding carboxylic acids is 1. The Morgan fingerprint density at radius 2 is 2.19 bits per heavy atom. The number of alkyl halides is 3. The Kier molecular flexibility index (Phi) is 5.69. The van der Waals surface area contributed by atoms with Gasteiger partial charge in [0, 0.05) is 4.90 Å². The Labute approximate surface area is 124 Å². The van der Waals surface area contributed by atoms with Crippen LogP contribution in [0.25, 0.3) is 0 Å². The summed E-state index contributed by atoms with van der Waals surface area (Å²) in [6.07, 6.45) is 0.388. The molecule has 0 fully saturated rings. The molecule has 0 unspecified atom stereocenters. The van der Waals surface area contributed by atoms with Crippen molar-refractivity contribution in [2.24, 2.45) is 0 Å². The van der Waals surface area contributed by atoms with Crippen LogP contribution in [-0.4, -0.2) is 17.7 Å². The van der Waals surface area contributed by atoms with Gasteiger partial charge in [0.05, 0.1) is 29.0 Å². The number of benzene rings is 1. The fourth-order valence-corrected chi connectivity index (χ4v) is 2.40. The third-order valence-electron chi connectivity index (χ3n) is 2.46. The lowest BCUT2D eigenvalue weighted by Crippen LogP contribution is -2.31. The summed E-state index contributed by atoms with van der Waals surface area (Å²) in [5.74, 6) is 1.87. The van der Waals surface area contributed by atoms with Crippen molar-refractivity contribution in [3.05, 3.63) is 29.3 Å². The predicted octanol–water partition coefficient (Wildman–Crippen LogP) is 2.81. The maximum atomic E-state index is 12.8. The number of carbonyl (C=O) groups is 1. The fourth-order valence-electron chi connectivity index (χ4n) is 1.47. The van der Waals surface area contributed by atoms with Gasteiger partial charge in [0.1, 0.15) is 0 Å². The second kappa shape index (κ2) is 7.05. The van der Waals surface area contributed by atoms with Crippen molar-refractivity contribution in [1.29, 1.82) is 5.26 Å². The summed E-state index contributed by atoms with van der Waals surface area (Å²) in [6, 6.07) is 4.84. The maximum Gasteiger partial charge on any atom is 0.417 e. The van der Waals surface area contributed by atoms with Crippen molar-refractivity contribution in [2.75, 3.05) is 6.54 Å². The van der Waals surface area contributed by atoms with Crippen LogP contribution < -0.4 is 5.32 Å². The zero-order valence-electron chi connectivity index (χ0n) is 11.0. The molecule has 3 nitrogen and oxygen atoms in total. The highest BCUT2D eigenvalue weighted by atomic mass is 32.2. The number of amides is 1. The molecule has 0 aliphatic rings. The molecule has 0 aliphatic carbocycles. The lowest BCUT2D eigenvalue weighted by Gasteiger charge is -2.13. The third kappa shape index (κ3) is 4.73. The van der Waals surface area contributed by atoms with Gasteiger partial charge in [0.2, 0.25) is 5.91 Å². The van der Waals surface area contributed by atoms with Crippen molar-refractivity contribution >= 4 is 17.7 Å². The second-order valence-electron chi connectivity index (χ2n) is 4.00. The Hall–Kier alpha value is -2.12. The summed E-state index contributed by atoms with van der Waals surface area (Å²) in [6.45, 7) is 1.62. The molecule has 0 saturated heterocycles. The summed E-state index contributed by atoms with van der Waals surface area (Å²) < 4.78 is 38.4. The SMILES string of the molecule is C#CCNC(=O)[C@@H](C)Sc1ccc(C#N)c(C(F)(F)F)c1. The van der Waals surface area contributed by atoms with Crippen molar-refractivity contribution in [3.8, 4) is 18.4 Å². The van der Waals surface area contributed by atoms with Gasteiger partial charge in [-0.25, -0.2) is 0 Å². The molecule has 1 N–H and O–H groups in total. The van der Waals surface area contributed by atoms with E-state index < -0.39 is 22.6 Å². The normalized spacial score (nSPS) is 12.1. The lowest BCUT2D eigenvalue weighted by atomic mass is 10.1. The van der Waals surface area contributed by atoms with Crippen LogP contribution in [0.2, 0.25) is 0 Å². The molecule has 1 aromatic carbocycles. The van der Waals surface area contributed by atoms with Crippen molar-refractivity contribution in [1.82, 2.24) is 5.32 Å². The van der Waals surface area contributed by atoms with E-state index in [0.29, 0.717) is 0 Å². The van der Waals surface area contributed by atoms with Crippen molar-refractivity contribution in [3.63, 3.8) is 0 Å². The molecule has 1 aromatic rings. The fraction of sp³-hybridized carbons (Fsp3) is 0.286. The molecule has 21 heavy (non-hydrogen) atoms. The number of halogens is 3. The Balaban J connectivity index is 2.94. The smallest absolute Gasteiger partial charge is 0.344 e. The molecule has 0 spiro atoms. The highest BCUT2D eigenvalue weighted by Crippen LogP contribution is 2.35. The average Bonchev–Trinajstić information content (AvgIpc) is 2.43. The van der Waals surface area contributed by atoms with E-state index >= 15 is 0 Å². The molecule has 0 saturated carbocycles. The van der Waals surface area contributed by atoms with E-state index in [1.54, 1.807) is 6.92 Å². The summed E-state index contributed by atoms with van der Waals surface area (Å²) in [5, 5.41) is 10.5. The van der Waals surface area contributed by atoms with Crippen molar-refractivity contribution in [2.45, 2.75) is 23.2 Å². The quantitative estimate of drug-likeness (QED) is 0.687. The Morgan fingerprint density at radius 1 is 1.52 bits per heavy atom. The third-order valence-corrected chi connectivity index (χ3v) is 3.56. The van der Waals surface area contributed by atoms with Gasteiger partial charge in [-0.3, -0.25) is 4.79 Å². The number of nitrogens with zero attached hydrogens (tertiary/aromatic N) is 1. The van der Waals surface area contributed by atoms with E-state index in [4.69, 9.17) is 11.7 Å². The lowest BCUT2D eigenvalue weighted by molar-refractivity contribution is -0.137. The van der Waals surface area contributed by atoms with Crippen LogP contribution in [0.15, 0.2) is 23.1 Å². The van der Waals surface area contributed by atoms with Gasteiger partial charge in [0.15, 0.2) is 0 Å². The maximum absolute atomic E-state index is 12.8. The zero-order valence-corrected chi connectivity index (χ0v) is 11.8. The molecule has 1 amide bonds. The van der Waals surface area contributed by atoms with E-state index in [1.165, 1.54) is 12.1 Å². The topological polar surface area (TPSA) is 52.9 Å². The monoisotopic (exact) mass is 312 g/mol. The summed E-state index contributed by atoms with van der Waals surface area (Å²) in [4.78, 5) is 11.9. The molecule has 0 heterocycles. The largest absolute Gasteiger partial charge is 0.417 e. The molecule has 1 atom stereocenters. The number of hydrogen-bond donors (Lipinski definition) is 1. The minimum atomic E-state index is -4.61. The van der Waals surface area contributed by atoms with Crippen LogP contribution in [0.1, 0.15) is 18.1 Å². The van der Waals surface area contributed by atoms with E-state index in [-0.39, 0.29) is 17.3 Å². The minimum absolute atomic E-state index is 0.0604. The molecule has 0 bridgehead atoms. The first-order chi connectivity index (χ1) is 9.79. The van der Waals surface area contributed by atoms with Gasteiger partial charge in [-0.1, -0.05) is 5.92 Å². The first kappa shape index (κ1) is 16.9. The Morgan fingerprint density at radius 3 is 2.71 bits per heavy atom. The number of hydrogen-bond acceptors (Lipinski definition) is 3. The predicted molar refractivity (Wildman–Crippen MR) is 73.3 cm³/mol. The van der Waals surface area contributed by atoms with Crippen LogP contribution in [0.4, 0.5) is 13.2 Å². The van der Waals surface area contributed by atoms with Gasteiger partial charge >= 0.3 is 6.18 Å². The Bertz CT molecular complexity index is 614. The summed E-state index contributed by atoms with van der Waals surface area (Å²) in [5.41, 5.74) is -1.46. The molecule has 0 aliphatic heterocycles. The minimum Gasteiger partial charge on any atom is -0.344 e. The van der Waals surface area contributed by atoms with E-state index in [0.717, 1.165) is 23.9 Å². The summed E-state index contributed by atoms with van der Waals surface area (Å²) in [7, 11) is 0. The highest BCUT2D eigenvalue weighted by molar-refractivity contribution is 8.00. The molecule has 7 heteroatoms. The molecular weight excluding hydrogens is 301 g/mol. The first-order valence-electron chi connectivity index (χ1n) is 5.78. The molecule has 0 aromatic heterocycles. The van der Waals surface area contributed by atoms with Gasteiger partial charge < -0.3 is 5.32 Å². The number of nitrogens with one attached hydrogen (secondary N) is 1. The van der Waals surface area contributed by atoms with E-state index in [2.05, 4.69) is 11.2 Å². The first-order valence-corrected chi connectivity index (χ1v) is 6.66. The molecular formula is C14H11F3N2OS. The van der Waals surface area contributed by atoms with Crippen LogP contribution in [0.5, 0.6) is 0 Å². The number of terminal acetylenes is 1. The van der Waals surface area contributed by atoms with E-state index in [9.17, 15) is 18.0 Å². The van der Waals surface area contributed by atoms with Gasteiger partial charge in [0.25, 0.3) is 0 Å². The number of thioether (sulfide) groups is 1.